The highest BCUT2D eigenvalue weighted by Gasteiger charge is 2.21. The molecule has 2 amide bonds. The molecule has 0 aliphatic heterocycles. The van der Waals surface area contributed by atoms with Crippen LogP contribution < -0.4 is 11.1 Å². The van der Waals surface area contributed by atoms with E-state index in [0.717, 1.165) is 5.56 Å². The Bertz CT molecular complexity index is 445. The quantitative estimate of drug-likeness (QED) is 0.642. The lowest BCUT2D eigenvalue weighted by molar-refractivity contribution is -0.140. The van der Waals surface area contributed by atoms with Gasteiger partial charge in [-0.3, -0.25) is 14.4 Å². The monoisotopic (exact) mass is 250 g/mol. The third-order valence-electron chi connectivity index (χ3n) is 2.26. The average Bonchev–Trinajstić information content (AvgIpc) is 2.28. The number of hydrogen-bond acceptors (Lipinski definition) is 3. The summed E-state index contributed by atoms with van der Waals surface area (Å²) in [5.74, 6) is -2.50. The third-order valence-corrected chi connectivity index (χ3v) is 2.26. The molecule has 0 aliphatic carbocycles. The number of carbonyl (C=O) groups excluding carboxylic acids is 2. The fourth-order valence-electron chi connectivity index (χ4n) is 1.42. The van der Waals surface area contributed by atoms with Crippen LogP contribution in [0.25, 0.3) is 0 Å². The molecule has 0 spiro atoms. The lowest BCUT2D eigenvalue weighted by Gasteiger charge is -2.13. The van der Waals surface area contributed by atoms with Crippen LogP contribution in [0.4, 0.5) is 0 Å². The van der Waals surface area contributed by atoms with Gasteiger partial charge in [-0.05, 0) is 5.56 Å². The number of carboxylic acid groups (broad SMARTS) is 1. The maximum absolute atomic E-state index is 11.6. The molecule has 6 heteroatoms. The van der Waals surface area contributed by atoms with E-state index in [0.29, 0.717) is 0 Å². The van der Waals surface area contributed by atoms with Gasteiger partial charge in [0.2, 0.25) is 11.8 Å². The number of hydrogen-bond donors (Lipinski definition) is 3. The molecule has 1 rings (SSSR count). The van der Waals surface area contributed by atoms with E-state index in [2.05, 4.69) is 5.32 Å². The Morgan fingerprint density at radius 2 is 1.83 bits per heavy atom. The van der Waals surface area contributed by atoms with Gasteiger partial charge < -0.3 is 16.2 Å². The molecule has 4 N–H and O–H groups in total. The fourth-order valence-corrected chi connectivity index (χ4v) is 1.42. The van der Waals surface area contributed by atoms with Gasteiger partial charge in [0.1, 0.15) is 6.04 Å². The normalized spacial score (nSPS) is 11.6. The van der Waals surface area contributed by atoms with Crippen LogP contribution in [-0.2, 0) is 20.8 Å². The van der Waals surface area contributed by atoms with Crippen molar-refractivity contribution in [1.29, 1.82) is 0 Å². The lowest BCUT2D eigenvalue weighted by atomic mass is 10.1. The van der Waals surface area contributed by atoms with Gasteiger partial charge in [0.25, 0.3) is 0 Å². The van der Waals surface area contributed by atoms with Crippen LogP contribution in [0, 0.1) is 0 Å². The number of carbonyl (C=O) groups is 3. The highest BCUT2D eigenvalue weighted by atomic mass is 16.4. The molecule has 0 radical (unpaired) electrons. The van der Waals surface area contributed by atoms with Crippen molar-refractivity contribution in [3.05, 3.63) is 35.9 Å². The van der Waals surface area contributed by atoms with Crippen LogP contribution in [0.1, 0.15) is 12.0 Å². The zero-order chi connectivity index (χ0) is 13.5. The molecule has 1 atom stereocenters. The molecule has 0 aromatic heterocycles. The Morgan fingerprint density at radius 1 is 1.22 bits per heavy atom. The van der Waals surface area contributed by atoms with Gasteiger partial charge >= 0.3 is 5.97 Å². The summed E-state index contributed by atoms with van der Waals surface area (Å²) in [5, 5.41) is 10.9. The second kappa shape index (κ2) is 6.39. The number of aliphatic carboxylic acids is 1. The number of nitrogens with one attached hydrogen (secondary N) is 1. The van der Waals surface area contributed by atoms with Gasteiger partial charge in [-0.2, -0.15) is 0 Å². The standard InChI is InChI=1S/C12H14N2O4/c13-12(18)9(7-11(16)17)14-10(15)6-8-4-2-1-3-5-8/h1-5,9H,6-7H2,(H2,13,18)(H,14,15)(H,16,17)/t9-/m0/s1. The van der Waals surface area contributed by atoms with Crippen molar-refractivity contribution in [2.75, 3.05) is 0 Å². The molecular formula is C12H14N2O4. The molecule has 0 saturated heterocycles. The first-order chi connectivity index (χ1) is 8.49. The molecule has 0 heterocycles. The predicted octanol–water partition coefficient (Wildman–Crippen LogP) is -0.326. The first-order valence-corrected chi connectivity index (χ1v) is 5.33. The van der Waals surface area contributed by atoms with Crippen LogP contribution in [-0.4, -0.2) is 28.9 Å². The lowest BCUT2D eigenvalue weighted by Crippen LogP contribution is -2.46. The van der Waals surface area contributed by atoms with Crippen molar-refractivity contribution in [2.24, 2.45) is 5.73 Å². The summed E-state index contributed by atoms with van der Waals surface area (Å²) < 4.78 is 0. The Hall–Kier alpha value is -2.37. The summed E-state index contributed by atoms with van der Waals surface area (Å²) in [6, 6.07) is 7.72. The molecule has 6 nitrogen and oxygen atoms in total. The Morgan fingerprint density at radius 3 is 2.33 bits per heavy atom. The Kier molecular flexibility index (Phi) is 4.86. The van der Waals surface area contributed by atoms with E-state index in [1.807, 2.05) is 6.07 Å². The first-order valence-electron chi connectivity index (χ1n) is 5.33. The van der Waals surface area contributed by atoms with Crippen molar-refractivity contribution >= 4 is 17.8 Å². The molecular weight excluding hydrogens is 236 g/mol. The van der Waals surface area contributed by atoms with Crippen molar-refractivity contribution in [3.8, 4) is 0 Å². The molecule has 1 aromatic rings. The van der Waals surface area contributed by atoms with Crippen molar-refractivity contribution in [1.82, 2.24) is 5.32 Å². The summed E-state index contributed by atoms with van der Waals surface area (Å²) in [4.78, 5) is 33.1. The molecule has 0 bridgehead atoms. The topological polar surface area (TPSA) is 109 Å². The zero-order valence-electron chi connectivity index (χ0n) is 9.63. The van der Waals surface area contributed by atoms with Gasteiger partial charge in [-0.25, -0.2) is 0 Å². The molecule has 0 saturated carbocycles. The number of carboxylic acids is 1. The van der Waals surface area contributed by atoms with Gasteiger partial charge in [0.05, 0.1) is 12.8 Å². The van der Waals surface area contributed by atoms with Gasteiger partial charge in [-0.1, -0.05) is 30.3 Å². The molecule has 96 valence electrons. The maximum Gasteiger partial charge on any atom is 0.305 e. The van der Waals surface area contributed by atoms with Crippen molar-refractivity contribution < 1.29 is 19.5 Å². The van der Waals surface area contributed by atoms with E-state index in [1.165, 1.54) is 0 Å². The predicted molar refractivity (Wildman–Crippen MR) is 63.5 cm³/mol. The number of nitrogens with two attached hydrogens (primary N) is 1. The van der Waals surface area contributed by atoms with Crippen LogP contribution >= 0.6 is 0 Å². The minimum atomic E-state index is -1.20. The van der Waals surface area contributed by atoms with E-state index in [-0.39, 0.29) is 6.42 Å². The smallest absolute Gasteiger partial charge is 0.305 e. The second-order valence-corrected chi connectivity index (χ2v) is 3.78. The maximum atomic E-state index is 11.6. The van der Waals surface area contributed by atoms with Crippen molar-refractivity contribution in [2.45, 2.75) is 18.9 Å². The fraction of sp³-hybridized carbons (Fsp3) is 0.250. The molecule has 1 aromatic carbocycles. The second-order valence-electron chi connectivity index (χ2n) is 3.78. The largest absolute Gasteiger partial charge is 0.481 e. The van der Waals surface area contributed by atoms with Gasteiger partial charge in [0, 0.05) is 0 Å². The SMILES string of the molecule is NC(=O)[C@H](CC(=O)O)NC(=O)Cc1ccccc1. The third kappa shape index (κ3) is 4.65. The summed E-state index contributed by atoms with van der Waals surface area (Å²) in [5.41, 5.74) is 5.78. The van der Waals surface area contributed by atoms with Gasteiger partial charge in [-0.15, -0.1) is 0 Å². The summed E-state index contributed by atoms with van der Waals surface area (Å²) in [6.07, 6.45) is -0.444. The molecule has 0 fully saturated rings. The first kappa shape index (κ1) is 13.7. The summed E-state index contributed by atoms with van der Waals surface area (Å²) in [7, 11) is 0. The Balaban J connectivity index is 2.56. The van der Waals surface area contributed by atoms with Crippen LogP contribution in [0.2, 0.25) is 0 Å². The Labute approximate surface area is 104 Å². The number of benzene rings is 1. The highest BCUT2D eigenvalue weighted by Crippen LogP contribution is 2.00. The van der Waals surface area contributed by atoms with Crippen LogP contribution in [0.15, 0.2) is 30.3 Å². The van der Waals surface area contributed by atoms with Gasteiger partial charge in [0.15, 0.2) is 0 Å². The summed E-state index contributed by atoms with van der Waals surface area (Å²) in [6.45, 7) is 0. The van der Waals surface area contributed by atoms with E-state index in [1.54, 1.807) is 24.3 Å². The van der Waals surface area contributed by atoms with Crippen LogP contribution in [0.3, 0.4) is 0 Å². The minimum absolute atomic E-state index is 0.0736. The molecule has 0 unspecified atom stereocenters. The zero-order valence-corrected chi connectivity index (χ0v) is 9.63. The van der Waals surface area contributed by atoms with E-state index in [9.17, 15) is 14.4 Å². The van der Waals surface area contributed by atoms with E-state index < -0.39 is 30.2 Å². The number of rotatable bonds is 6. The van der Waals surface area contributed by atoms with Crippen LogP contribution in [0.5, 0.6) is 0 Å². The summed E-state index contributed by atoms with van der Waals surface area (Å²) >= 11 is 0. The molecule has 18 heavy (non-hydrogen) atoms. The number of amides is 2. The minimum Gasteiger partial charge on any atom is -0.481 e. The van der Waals surface area contributed by atoms with Crippen molar-refractivity contribution in [3.63, 3.8) is 0 Å². The van der Waals surface area contributed by atoms with E-state index in [4.69, 9.17) is 10.8 Å². The average molecular weight is 250 g/mol. The number of primary amides is 1. The van der Waals surface area contributed by atoms with E-state index >= 15 is 0 Å². The highest BCUT2D eigenvalue weighted by molar-refractivity contribution is 5.90. The molecule has 0 aliphatic rings.